The van der Waals surface area contributed by atoms with Crippen LogP contribution in [0.2, 0.25) is 0 Å². The molecule has 0 aliphatic carbocycles. The van der Waals surface area contributed by atoms with E-state index in [4.69, 9.17) is 5.11 Å². The molecule has 2 rings (SSSR count). The summed E-state index contributed by atoms with van der Waals surface area (Å²) >= 11 is 0. The Bertz CT molecular complexity index is 500. The number of carbonyl (C=O) groups is 2. The monoisotopic (exact) mass is 249 g/mol. The highest BCUT2D eigenvalue weighted by Crippen LogP contribution is 2.31. The molecule has 96 valence electrons. The Morgan fingerprint density at radius 1 is 1.39 bits per heavy atom. The van der Waals surface area contributed by atoms with Crippen LogP contribution in [0.25, 0.3) is 0 Å². The Labute approximate surface area is 105 Å². The van der Waals surface area contributed by atoms with E-state index in [0.29, 0.717) is 18.5 Å². The Balaban J connectivity index is 2.15. The fraction of sp³-hybridized carbons (Fsp3) is 0.385. The molecule has 5 nitrogen and oxygen atoms in total. The van der Waals surface area contributed by atoms with Crippen molar-refractivity contribution >= 4 is 11.9 Å². The van der Waals surface area contributed by atoms with Gasteiger partial charge >= 0.3 is 5.97 Å². The lowest BCUT2D eigenvalue weighted by Crippen LogP contribution is -2.34. The van der Waals surface area contributed by atoms with Crippen molar-refractivity contribution in [1.82, 2.24) is 4.90 Å². The summed E-state index contributed by atoms with van der Waals surface area (Å²) in [6.07, 6.45) is 0.451. The van der Waals surface area contributed by atoms with Crippen LogP contribution < -0.4 is 0 Å². The average Bonchev–Trinajstić information content (AvgIpc) is 2.72. The summed E-state index contributed by atoms with van der Waals surface area (Å²) in [6, 6.07) is 6.08. The van der Waals surface area contributed by atoms with E-state index < -0.39 is 11.4 Å². The molecule has 1 aliphatic heterocycles. The minimum absolute atomic E-state index is 0.0287. The van der Waals surface area contributed by atoms with Crippen molar-refractivity contribution in [3.8, 4) is 5.75 Å². The molecule has 2 N–H and O–H groups in total. The van der Waals surface area contributed by atoms with E-state index in [1.807, 2.05) is 0 Å². The Morgan fingerprint density at radius 2 is 2.11 bits per heavy atom. The van der Waals surface area contributed by atoms with Gasteiger partial charge in [0.25, 0.3) is 5.91 Å². The number of aliphatic carboxylic acids is 1. The molecule has 1 saturated heterocycles. The van der Waals surface area contributed by atoms with E-state index in [1.54, 1.807) is 19.1 Å². The molecule has 1 unspecified atom stereocenters. The molecule has 1 heterocycles. The molecule has 0 bridgehead atoms. The average molecular weight is 249 g/mol. The molecule has 1 amide bonds. The molecule has 1 aromatic rings. The van der Waals surface area contributed by atoms with E-state index in [-0.39, 0.29) is 18.2 Å². The molecule has 1 fully saturated rings. The molecule has 0 spiro atoms. The predicted molar refractivity (Wildman–Crippen MR) is 64.4 cm³/mol. The lowest BCUT2D eigenvalue weighted by Gasteiger charge is -2.20. The van der Waals surface area contributed by atoms with Gasteiger partial charge in [-0.05, 0) is 31.5 Å². The zero-order valence-electron chi connectivity index (χ0n) is 10.1. The first-order chi connectivity index (χ1) is 8.42. The second kappa shape index (κ2) is 4.33. The first-order valence-electron chi connectivity index (χ1n) is 5.74. The minimum atomic E-state index is -0.881. The number of phenols is 1. The highest BCUT2D eigenvalue weighted by atomic mass is 16.4. The van der Waals surface area contributed by atoms with Crippen LogP contribution in [0.5, 0.6) is 5.75 Å². The number of benzene rings is 1. The van der Waals surface area contributed by atoms with Gasteiger partial charge in [0.1, 0.15) is 5.75 Å². The number of carboxylic acid groups (broad SMARTS) is 1. The second-order valence-electron chi connectivity index (χ2n) is 4.89. The molecule has 18 heavy (non-hydrogen) atoms. The first kappa shape index (κ1) is 12.4. The number of carbonyl (C=O) groups excluding carboxylic acids is 1. The van der Waals surface area contributed by atoms with Gasteiger partial charge in [0, 0.05) is 18.7 Å². The topological polar surface area (TPSA) is 77.8 Å². The normalized spacial score (nSPS) is 23.1. The van der Waals surface area contributed by atoms with Crippen LogP contribution in [-0.2, 0) is 4.79 Å². The fourth-order valence-corrected chi connectivity index (χ4v) is 2.13. The van der Waals surface area contributed by atoms with Crippen molar-refractivity contribution in [3.63, 3.8) is 0 Å². The van der Waals surface area contributed by atoms with Gasteiger partial charge in [-0.25, -0.2) is 0 Å². The van der Waals surface area contributed by atoms with E-state index in [0.717, 1.165) is 0 Å². The van der Waals surface area contributed by atoms with Gasteiger partial charge in [-0.3, -0.25) is 9.59 Å². The number of amides is 1. The highest BCUT2D eigenvalue weighted by Gasteiger charge is 2.42. The number of likely N-dealkylation sites (tertiary alicyclic amines) is 1. The maximum absolute atomic E-state index is 12.1. The van der Waals surface area contributed by atoms with Crippen molar-refractivity contribution in [2.45, 2.75) is 13.3 Å². The van der Waals surface area contributed by atoms with Gasteiger partial charge < -0.3 is 15.1 Å². The summed E-state index contributed by atoms with van der Waals surface area (Å²) in [4.78, 5) is 24.8. The predicted octanol–water partition coefficient (Wildman–Crippen LogP) is 1.33. The number of carboxylic acids is 1. The van der Waals surface area contributed by atoms with Gasteiger partial charge in [-0.2, -0.15) is 0 Å². The maximum atomic E-state index is 12.1. The number of hydrogen-bond donors (Lipinski definition) is 2. The van der Waals surface area contributed by atoms with Gasteiger partial charge in [-0.15, -0.1) is 0 Å². The lowest BCUT2D eigenvalue weighted by atomic mass is 9.90. The number of hydrogen-bond acceptors (Lipinski definition) is 3. The SMILES string of the molecule is CC1(C(=O)O)CCN(C(=O)c2cccc(O)c2)C1. The van der Waals surface area contributed by atoms with Crippen LogP contribution in [0.4, 0.5) is 0 Å². The van der Waals surface area contributed by atoms with E-state index in [9.17, 15) is 14.7 Å². The Hall–Kier alpha value is -2.04. The molecular formula is C13H15NO4. The minimum Gasteiger partial charge on any atom is -0.508 e. The zero-order chi connectivity index (χ0) is 13.3. The number of aromatic hydroxyl groups is 1. The summed E-state index contributed by atoms with van der Waals surface area (Å²) < 4.78 is 0. The third-order valence-corrected chi connectivity index (χ3v) is 3.37. The molecular weight excluding hydrogens is 234 g/mol. The summed E-state index contributed by atoms with van der Waals surface area (Å²) in [6.45, 7) is 2.28. The molecule has 5 heteroatoms. The van der Waals surface area contributed by atoms with Gasteiger partial charge in [-0.1, -0.05) is 6.07 Å². The Morgan fingerprint density at radius 3 is 2.67 bits per heavy atom. The van der Waals surface area contributed by atoms with Gasteiger partial charge in [0.05, 0.1) is 5.41 Å². The van der Waals surface area contributed by atoms with Crippen molar-refractivity contribution in [2.24, 2.45) is 5.41 Å². The van der Waals surface area contributed by atoms with Crippen LogP contribution in [0.1, 0.15) is 23.7 Å². The summed E-state index contributed by atoms with van der Waals surface area (Å²) in [7, 11) is 0. The molecule has 0 saturated carbocycles. The van der Waals surface area contributed by atoms with E-state index in [2.05, 4.69) is 0 Å². The van der Waals surface area contributed by atoms with Crippen LogP contribution in [0.3, 0.4) is 0 Å². The van der Waals surface area contributed by atoms with Crippen molar-refractivity contribution in [3.05, 3.63) is 29.8 Å². The maximum Gasteiger partial charge on any atom is 0.311 e. The third kappa shape index (κ3) is 2.16. The zero-order valence-corrected chi connectivity index (χ0v) is 10.1. The largest absolute Gasteiger partial charge is 0.508 e. The number of rotatable bonds is 2. The lowest BCUT2D eigenvalue weighted by molar-refractivity contribution is -0.147. The van der Waals surface area contributed by atoms with E-state index >= 15 is 0 Å². The van der Waals surface area contributed by atoms with Gasteiger partial charge in [0.15, 0.2) is 0 Å². The number of nitrogens with zero attached hydrogens (tertiary/aromatic N) is 1. The Kier molecular flexibility index (Phi) is 2.98. The fourth-order valence-electron chi connectivity index (χ4n) is 2.13. The van der Waals surface area contributed by atoms with Crippen molar-refractivity contribution in [2.75, 3.05) is 13.1 Å². The molecule has 0 aromatic heterocycles. The summed E-state index contributed by atoms with van der Waals surface area (Å²) in [5.74, 6) is -1.09. The summed E-state index contributed by atoms with van der Waals surface area (Å²) in [5, 5.41) is 18.4. The quantitative estimate of drug-likeness (QED) is 0.828. The standard InChI is InChI=1S/C13H15NO4/c1-13(12(17)18)5-6-14(8-13)11(16)9-3-2-4-10(15)7-9/h2-4,7,15H,5-6,8H2,1H3,(H,17,18). The van der Waals surface area contributed by atoms with Gasteiger partial charge in [0.2, 0.25) is 0 Å². The number of phenolic OH excluding ortho intramolecular Hbond substituents is 1. The van der Waals surface area contributed by atoms with Crippen molar-refractivity contribution in [1.29, 1.82) is 0 Å². The second-order valence-corrected chi connectivity index (χ2v) is 4.89. The molecule has 1 atom stereocenters. The van der Waals surface area contributed by atoms with Crippen LogP contribution >= 0.6 is 0 Å². The molecule has 1 aromatic carbocycles. The van der Waals surface area contributed by atoms with Crippen LogP contribution in [0, 0.1) is 5.41 Å². The summed E-state index contributed by atoms with van der Waals surface area (Å²) in [5.41, 5.74) is -0.489. The smallest absolute Gasteiger partial charge is 0.311 e. The third-order valence-electron chi connectivity index (χ3n) is 3.37. The first-order valence-corrected chi connectivity index (χ1v) is 5.74. The van der Waals surface area contributed by atoms with E-state index in [1.165, 1.54) is 17.0 Å². The van der Waals surface area contributed by atoms with Crippen LogP contribution in [-0.4, -0.2) is 40.1 Å². The van der Waals surface area contributed by atoms with Crippen LogP contribution in [0.15, 0.2) is 24.3 Å². The molecule has 0 radical (unpaired) electrons. The highest BCUT2D eigenvalue weighted by molar-refractivity contribution is 5.95. The molecule has 1 aliphatic rings. The van der Waals surface area contributed by atoms with Crippen molar-refractivity contribution < 1.29 is 19.8 Å².